The Kier molecular flexibility index (Phi) is 8.82. The molecule has 1 aromatic carbocycles. The van der Waals surface area contributed by atoms with Crippen LogP contribution in [0.5, 0.6) is 0 Å². The predicted octanol–water partition coefficient (Wildman–Crippen LogP) is 5.50. The topological polar surface area (TPSA) is 72.5 Å². The molecular formula is C25H35NO4. The van der Waals surface area contributed by atoms with E-state index >= 15 is 0 Å². The summed E-state index contributed by atoms with van der Waals surface area (Å²) in [5.74, 6) is -0.699. The van der Waals surface area contributed by atoms with E-state index in [0.29, 0.717) is 29.9 Å². The highest BCUT2D eigenvalue weighted by Crippen LogP contribution is 2.42. The van der Waals surface area contributed by atoms with Crippen molar-refractivity contribution in [1.82, 2.24) is 0 Å². The van der Waals surface area contributed by atoms with Crippen molar-refractivity contribution in [2.24, 2.45) is 5.41 Å². The molecule has 1 N–H and O–H groups in total. The lowest BCUT2D eigenvalue weighted by Crippen LogP contribution is -2.49. The summed E-state index contributed by atoms with van der Waals surface area (Å²) < 4.78 is 5.31. The second kappa shape index (κ2) is 11.1. The normalized spacial score (nSPS) is 18.4. The lowest BCUT2D eigenvalue weighted by atomic mass is 9.65. The number of Topliss-reactive ketones (excluding diaryl/α,β-unsaturated/α-hetero) is 2. The van der Waals surface area contributed by atoms with Crippen molar-refractivity contribution in [2.75, 3.05) is 11.9 Å². The van der Waals surface area contributed by atoms with E-state index in [4.69, 9.17) is 4.74 Å². The molecule has 5 heteroatoms. The van der Waals surface area contributed by atoms with Crippen LogP contribution in [0, 0.1) is 5.41 Å². The molecule has 0 saturated heterocycles. The van der Waals surface area contributed by atoms with Gasteiger partial charge in [0.25, 0.3) is 0 Å². The molecule has 0 radical (unpaired) electrons. The van der Waals surface area contributed by atoms with Crippen LogP contribution in [0.25, 0.3) is 0 Å². The van der Waals surface area contributed by atoms with Gasteiger partial charge in [-0.1, -0.05) is 53.0 Å². The zero-order valence-corrected chi connectivity index (χ0v) is 18.6. The minimum Gasteiger partial charge on any atom is -0.462 e. The Hall–Kier alpha value is -2.43. The Morgan fingerprint density at radius 2 is 1.70 bits per heavy atom. The van der Waals surface area contributed by atoms with E-state index in [1.54, 1.807) is 24.3 Å². The Morgan fingerprint density at radius 3 is 2.30 bits per heavy atom. The number of hydrogen-bond acceptors (Lipinski definition) is 5. The predicted molar refractivity (Wildman–Crippen MR) is 120 cm³/mol. The van der Waals surface area contributed by atoms with Crippen LogP contribution in [0.2, 0.25) is 0 Å². The number of carbonyl (C=O) groups excluding carboxylic acids is 3. The van der Waals surface area contributed by atoms with Crippen molar-refractivity contribution in [3.63, 3.8) is 0 Å². The average Bonchev–Trinajstić information content (AvgIpc) is 2.76. The number of anilines is 1. The first kappa shape index (κ1) is 23.8. The molecule has 1 atom stereocenters. The highest BCUT2D eigenvalue weighted by Gasteiger charge is 2.46. The molecule has 0 heterocycles. The molecule has 5 nitrogen and oxygen atoms in total. The molecule has 30 heavy (non-hydrogen) atoms. The van der Waals surface area contributed by atoms with Crippen molar-refractivity contribution in [3.8, 4) is 0 Å². The first-order valence-electron chi connectivity index (χ1n) is 11.2. The number of benzene rings is 1. The molecule has 1 aromatic rings. The Labute approximate surface area is 180 Å². The summed E-state index contributed by atoms with van der Waals surface area (Å²) in [7, 11) is 0. The van der Waals surface area contributed by atoms with Gasteiger partial charge >= 0.3 is 5.97 Å². The summed E-state index contributed by atoms with van der Waals surface area (Å²) in [6.45, 7) is 10.6. The van der Waals surface area contributed by atoms with Crippen LogP contribution in [-0.4, -0.2) is 30.2 Å². The minimum atomic E-state index is -0.912. The maximum atomic E-state index is 12.8. The first-order valence-corrected chi connectivity index (χ1v) is 11.2. The van der Waals surface area contributed by atoms with E-state index in [1.807, 2.05) is 13.8 Å². The van der Waals surface area contributed by atoms with E-state index < -0.39 is 11.5 Å². The van der Waals surface area contributed by atoms with Crippen molar-refractivity contribution in [3.05, 3.63) is 42.0 Å². The summed E-state index contributed by atoms with van der Waals surface area (Å²) in [4.78, 5) is 37.6. The van der Waals surface area contributed by atoms with Crippen LogP contribution >= 0.6 is 0 Å². The fourth-order valence-corrected chi connectivity index (χ4v) is 4.02. The van der Waals surface area contributed by atoms with E-state index in [-0.39, 0.29) is 17.5 Å². The molecule has 1 unspecified atom stereocenters. The van der Waals surface area contributed by atoms with E-state index in [1.165, 1.54) is 12.8 Å². The molecule has 1 aliphatic carbocycles. The molecule has 2 rings (SSSR count). The van der Waals surface area contributed by atoms with Crippen LogP contribution in [-0.2, 0) is 14.3 Å². The Morgan fingerprint density at radius 1 is 1.07 bits per heavy atom. The molecule has 0 aromatic heterocycles. The average molecular weight is 414 g/mol. The summed E-state index contributed by atoms with van der Waals surface area (Å²) in [6.07, 6.45) is 7.27. The largest absolute Gasteiger partial charge is 0.462 e. The van der Waals surface area contributed by atoms with Crippen LogP contribution in [0.15, 0.2) is 36.4 Å². The van der Waals surface area contributed by atoms with Crippen molar-refractivity contribution < 1.29 is 19.1 Å². The highest BCUT2D eigenvalue weighted by atomic mass is 16.5. The monoisotopic (exact) mass is 413 g/mol. The fraction of sp³-hybridized carbons (Fsp3) is 0.560. The fourth-order valence-electron chi connectivity index (χ4n) is 4.02. The number of carbonyl (C=O) groups is 3. The van der Waals surface area contributed by atoms with Gasteiger partial charge in [0, 0.05) is 17.5 Å². The SMILES string of the molecule is C=C1C(=O)C(Nc2ccc(C(=O)OCCCCCCC)cc2)C(=O)CC1(CC)CC. The molecule has 0 amide bonds. The zero-order chi connectivity index (χ0) is 22.1. The van der Waals surface area contributed by atoms with Gasteiger partial charge in [0.15, 0.2) is 11.6 Å². The Balaban J connectivity index is 1.92. The van der Waals surface area contributed by atoms with Crippen LogP contribution in [0.3, 0.4) is 0 Å². The lowest BCUT2D eigenvalue weighted by molar-refractivity contribution is -0.131. The number of unbranched alkanes of at least 4 members (excludes halogenated alkanes) is 4. The maximum Gasteiger partial charge on any atom is 0.338 e. The van der Waals surface area contributed by atoms with Crippen LogP contribution in [0.4, 0.5) is 5.69 Å². The third-order valence-electron chi connectivity index (χ3n) is 6.30. The molecule has 1 fully saturated rings. The van der Waals surface area contributed by atoms with Crippen molar-refractivity contribution in [2.45, 2.75) is 78.2 Å². The number of esters is 1. The first-order chi connectivity index (χ1) is 14.4. The van der Waals surface area contributed by atoms with Gasteiger partial charge in [-0.05, 0) is 49.1 Å². The van der Waals surface area contributed by atoms with Gasteiger partial charge in [-0.2, -0.15) is 0 Å². The van der Waals surface area contributed by atoms with Crippen LogP contribution < -0.4 is 5.32 Å². The van der Waals surface area contributed by atoms with Gasteiger partial charge in [-0.3, -0.25) is 9.59 Å². The van der Waals surface area contributed by atoms with Gasteiger partial charge < -0.3 is 10.1 Å². The minimum absolute atomic E-state index is 0.109. The second-order valence-corrected chi connectivity index (χ2v) is 8.18. The molecule has 164 valence electrons. The number of ketones is 2. The second-order valence-electron chi connectivity index (χ2n) is 8.18. The van der Waals surface area contributed by atoms with Gasteiger partial charge in [-0.15, -0.1) is 0 Å². The molecule has 1 saturated carbocycles. The zero-order valence-electron chi connectivity index (χ0n) is 18.6. The lowest BCUT2D eigenvalue weighted by Gasteiger charge is -2.39. The third kappa shape index (κ3) is 5.59. The molecular weight excluding hydrogens is 378 g/mol. The van der Waals surface area contributed by atoms with Gasteiger partial charge in [0.05, 0.1) is 12.2 Å². The van der Waals surface area contributed by atoms with E-state index in [2.05, 4.69) is 18.8 Å². The number of hydrogen-bond donors (Lipinski definition) is 1. The maximum absolute atomic E-state index is 12.8. The smallest absolute Gasteiger partial charge is 0.338 e. The number of rotatable bonds is 11. The molecule has 0 aliphatic heterocycles. The van der Waals surface area contributed by atoms with E-state index in [9.17, 15) is 14.4 Å². The summed E-state index contributed by atoms with van der Waals surface area (Å²) in [5, 5.41) is 3.02. The summed E-state index contributed by atoms with van der Waals surface area (Å²) in [5.41, 5.74) is 1.18. The van der Waals surface area contributed by atoms with Crippen LogP contribution in [0.1, 0.15) is 82.5 Å². The highest BCUT2D eigenvalue weighted by molar-refractivity contribution is 6.19. The number of nitrogens with one attached hydrogen (secondary N) is 1. The van der Waals surface area contributed by atoms with Crippen molar-refractivity contribution in [1.29, 1.82) is 0 Å². The number of ether oxygens (including phenoxy) is 1. The molecule has 0 spiro atoms. The third-order valence-corrected chi connectivity index (χ3v) is 6.30. The van der Waals surface area contributed by atoms with Crippen molar-refractivity contribution >= 4 is 23.2 Å². The van der Waals surface area contributed by atoms with Gasteiger partial charge in [0.1, 0.15) is 6.04 Å². The van der Waals surface area contributed by atoms with Gasteiger partial charge in [-0.25, -0.2) is 4.79 Å². The van der Waals surface area contributed by atoms with E-state index in [0.717, 1.165) is 32.1 Å². The molecule has 1 aliphatic rings. The summed E-state index contributed by atoms with van der Waals surface area (Å²) >= 11 is 0. The quantitative estimate of drug-likeness (QED) is 0.224. The van der Waals surface area contributed by atoms with Gasteiger partial charge in [0.2, 0.25) is 0 Å². The standard InChI is InChI=1S/C25H35NO4/c1-5-8-9-10-11-16-30-24(29)19-12-14-20(15-13-19)26-22-21(27)17-25(6-2,7-3)18(4)23(22)28/h12-15,22,26H,4-11,16-17H2,1-3H3. The Bertz CT molecular complexity index is 762. The summed E-state index contributed by atoms with van der Waals surface area (Å²) in [6, 6.07) is 5.78. The molecule has 0 bridgehead atoms.